The summed E-state index contributed by atoms with van der Waals surface area (Å²) in [4.78, 5) is 23.1. The summed E-state index contributed by atoms with van der Waals surface area (Å²) < 4.78 is 29.1. The molecule has 8 heteroatoms. The van der Waals surface area contributed by atoms with Crippen LogP contribution >= 0.6 is 0 Å². The molecule has 0 bridgehead atoms. The highest BCUT2D eigenvalue weighted by atomic mass is 19.3. The number of likely N-dealkylation sites (tertiary alicyclic amines) is 1. The van der Waals surface area contributed by atoms with Gasteiger partial charge in [0.1, 0.15) is 5.52 Å². The van der Waals surface area contributed by atoms with Crippen LogP contribution in [-0.4, -0.2) is 50.9 Å². The Labute approximate surface area is 158 Å². The quantitative estimate of drug-likeness (QED) is 0.878. The monoisotopic (exact) mass is 379 g/mol. The third-order valence-electron chi connectivity index (χ3n) is 5.21. The van der Waals surface area contributed by atoms with E-state index in [0.717, 1.165) is 36.1 Å². The number of carbonyl (C=O) groups excluding carboxylic acids is 1. The van der Waals surface area contributed by atoms with Crippen LogP contribution in [0.15, 0.2) is 12.1 Å². The highest BCUT2D eigenvalue weighted by molar-refractivity contribution is 5.92. The van der Waals surface area contributed by atoms with Crippen molar-refractivity contribution in [3.63, 3.8) is 0 Å². The van der Waals surface area contributed by atoms with Crippen molar-refractivity contribution in [2.45, 2.75) is 58.4 Å². The maximum Gasteiger partial charge on any atom is 0.260 e. The number of alkyl halides is 2. The molecule has 6 nitrogen and oxygen atoms in total. The molecule has 2 fully saturated rings. The Balaban J connectivity index is 0.00000210. The minimum Gasteiger partial charge on any atom is -0.295 e. The number of aryl methyl sites for hydroxylation is 1. The number of imidazole rings is 1. The van der Waals surface area contributed by atoms with Gasteiger partial charge in [0.25, 0.3) is 5.92 Å². The second-order valence-corrected chi connectivity index (χ2v) is 7.40. The Bertz CT molecular complexity index is 831. The number of hydrogen-bond acceptors (Lipinski definition) is 4. The lowest BCUT2D eigenvalue weighted by molar-refractivity contribution is -0.120. The predicted molar refractivity (Wildman–Crippen MR) is 101 cm³/mol. The molecule has 1 saturated carbocycles. The Kier molecular flexibility index (Phi) is 5.46. The van der Waals surface area contributed by atoms with E-state index in [0.29, 0.717) is 18.9 Å². The minimum atomic E-state index is -2.71. The molecule has 2 aromatic heterocycles. The molecular weight excluding hydrogens is 352 g/mol. The molecule has 4 rings (SSSR count). The number of pyridine rings is 1. The van der Waals surface area contributed by atoms with Crippen LogP contribution in [0.25, 0.3) is 11.2 Å². The number of amides is 1. The molecule has 0 atom stereocenters. The lowest BCUT2D eigenvalue weighted by atomic mass is 9.93. The first-order valence-corrected chi connectivity index (χ1v) is 9.17. The number of halogens is 2. The van der Waals surface area contributed by atoms with Gasteiger partial charge in [0, 0.05) is 18.2 Å². The Morgan fingerprint density at radius 1 is 1.30 bits per heavy atom. The summed E-state index contributed by atoms with van der Waals surface area (Å²) in [6.45, 7) is 2.03. The molecule has 2 aliphatic rings. The third kappa shape index (κ3) is 4.10. The summed E-state index contributed by atoms with van der Waals surface area (Å²) in [5.41, 5.74) is 2.41. The van der Waals surface area contributed by atoms with Crippen molar-refractivity contribution < 1.29 is 13.6 Å². The van der Waals surface area contributed by atoms with Gasteiger partial charge < -0.3 is 0 Å². The van der Waals surface area contributed by atoms with Crippen molar-refractivity contribution in [2.24, 2.45) is 0 Å². The van der Waals surface area contributed by atoms with Crippen LogP contribution in [0, 0.1) is 6.92 Å². The second-order valence-electron chi connectivity index (χ2n) is 7.40. The highest BCUT2D eigenvalue weighted by Crippen LogP contribution is 2.36. The topological polar surface area (TPSA) is 63.1 Å². The highest BCUT2D eigenvalue weighted by Gasteiger charge is 2.36. The van der Waals surface area contributed by atoms with E-state index in [1.165, 1.54) is 4.90 Å². The molecule has 1 N–H and O–H groups in total. The molecule has 0 aromatic carbocycles. The lowest BCUT2D eigenvalue weighted by Crippen LogP contribution is -2.45. The number of anilines is 1. The van der Waals surface area contributed by atoms with Crippen LogP contribution in [0.5, 0.6) is 0 Å². The molecule has 1 saturated heterocycles. The van der Waals surface area contributed by atoms with E-state index in [-0.39, 0.29) is 38.9 Å². The number of nitrogens with one attached hydrogen (secondary N) is 1. The van der Waals surface area contributed by atoms with Crippen LogP contribution < -0.4 is 5.32 Å². The smallest absolute Gasteiger partial charge is 0.260 e. The van der Waals surface area contributed by atoms with Gasteiger partial charge in [-0.3, -0.25) is 19.6 Å². The van der Waals surface area contributed by atoms with E-state index in [1.807, 2.05) is 23.6 Å². The van der Waals surface area contributed by atoms with Crippen LogP contribution in [-0.2, 0) is 4.79 Å². The number of fused-ring (bicyclic) bond motifs is 1. The van der Waals surface area contributed by atoms with Crippen molar-refractivity contribution in [1.82, 2.24) is 19.4 Å². The fraction of sp³-hybridized carbons (Fsp3) is 0.632. The average molecular weight is 379 g/mol. The largest absolute Gasteiger partial charge is 0.295 e. The molecule has 3 heterocycles. The average Bonchev–Trinajstić information content (AvgIpc) is 2.82. The number of rotatable bonds is 4. The van der Waals surface area contributed by atoms with Crippen molar-refractivity contribution in [3.8, 4) is 0 Å². The summed E-state index contributed by atoms with van der Waals surface area (Å²) in [5, 5.41) is 2.83. The van der Waals surface area contributed by atoms with Gasteiger partial charge in [-0.2, -0.15) is 0 Å². The predicted octanol–water partition coefficient (Wildman–Crippen LogP) is 3.77. The maximum atomic E-state index is 13.5. The van der Waals surface area contributed by atoms with Gasteiger partial charge in [-0.1, -0.05) is 7.43 Å². The third-order valence-corrected chi connectivity index (χ3v) is 5.21. The van der Waals surface area contributed by atoms with Crippen LogP contribution in [0.4, 0.5) is 14.7 Å². The zero-order chi connectivity index (χ0) is 18.3. The van der Waals surface area contributed by atoms with Gasteiger partial charge in [0.2, 0.25) is 11.9 Å². The van der Waals surface area contributed by atoms with Crippen molar-refractivity contribution in [2.75, 3.05) is 25.0 Å². The minimum absolute atomic E-state index is 0. The molecule has 0 spiro atoms. The first kappa shape index (κ1) is 19.7. The van der Waals surface area contributed by atoms with E-state index in [1.54, 1.807) is 0 Å². The van der Waals surface area contributed by atoms with E-state index in [4.69, 9.17) is 0 Å². The number of aromatic nitrogens is 3. The van der Waals surface area contributed by atoms with Crippen molar-refractivity contribution in [3.05, 3.63) is 17.8 Å². The standard InChI is InChI=1S/C18H23F2N5O.CH4/c1-12-6-7-14-16(21-12)25(13-4-2-5-13)17(22-14)23-15(26)10-24-9-3-8-18(19,20)11-24;/h6-7,13H,2-5,8-11H2,1H3,(H,22,23,26);1H4. The van der Waals surface area contributed by atoms with E-state index < -0.39 is 5.92 Å². The Morgan fingerprint density at radius 3 is 2.74 bits per heavy atom. The number of nitrogens with zero attached hydrogens (tertiary/aromatic N) is 4. The van der Waals surface area contributed by atoms with Crippen LogP contribution in [0.2, 0.25) is 0 Å². The Hall–Kier alpha value is -2.09. The van der Waals surface area contributed by atoms with E-state index in [9.17, 15) is 13.6 Å². The fourth-order valence-corrected chi connectivity index (χ4v) is 3.70. The zero-order valence-corrected chi connectivity index (χ0v) is 14.8. The second kappa shape index (κ2) is 7.50. The number of hydrogen-bond donors (Lipinski definition) is 1. The summed E-state index contributed by atoms with van der Waals surface area (Å²) >= 11 is 0. The van der Waals surface area contributed by atoms with Gasteiger partial charge in [-0.25, -0.2) is 18.7 Å². The molecule has 0 radical (unpaired) electrons. The van der Waals surface area contributed by atoms with Gasteiger partial charge in [-0.05, 0) is 51.3 Å². The van der Waals surface area contributed by atoms with Gasteiger partial charge >= 0.3 is 0 Å². The van der Waals surface area contributed by atoms with Gasteiger partial charge in [0.15, 0.2) is 5.65 Å². The Morgan fingerprint density at radius 2 is 2.07 bits per heavy atom. The molecule has 1 aliphatic carbocycles. The summed E-state index contributed by atoms with van der Waals surface area (Å²) in [7, 11) is 0. The van der Waals surface area contributed by atoms with Crippen molar-refractivity contribution >= 4 is 23.0 Å². The molecular formula is C19H27F2N5O. The molecule has 2 aromatic rings. The summed E-state index contributed by atoms with van der Waals surface area (Å²) in [6.07, 6.45) is 3.51. The normalized spacial score (nSPS) is 20.1. The summed E-state index contributed by atoms with van der Waals surface area (Å²) in [5.74, 6) is -2.55. The van der Waals surface area contributed by atoms with Crippen molar-refractivity contribution in [1.29, 1.82) is 0 Å². The molecule has 0 unspecified atom stereocenters. The van der Waals surface area contributed by atoms with Crippen LogP contribution in [0.3, 0.4) is 0 Å². The SMILES string of the molecule is C.Cc1ccc2nc(NC(=O)CN3CCCC(F)(F)C3)n(C3CCC3)c2n1. The van der Waals surface area contributed by atoms with E-state index >= 15 is 0 Å². The summed E-state index contributed by atoms with van der Waals surface area (Å²) in [6, 6.07) is 4.07. The maximum absolute atomic E-state index is 13.5. The molecule has 1 aliphatic heterocycles. The van der Waals surface area contributed by atoms with Gasteiger partial charge in [-0.15, -0.1) is 0 Å². The molecule has 148 valence electrons. The van der Waals surface area contributed by atoms with Crippen LogP contribution in [0.1, 0.15) is 51.3 Å². The first-order valence-electron chi connectivity index (χ1n) is 9.17. The number of piperidine rings is 1. The first-order chi connectivity index (χ1) is 12.4. The number of carbonyl (C=O) groups is 1. The molecule has 1 amide bonds. The zero-order valence-electron chi connectivity index (χ0n) is 14.8. The van der Waals surface area contributed by atoms with Gasteiger partial charge in [0.05, 0.1) is 13.1 Å². The molecule has 27 heavy (non-hydrogen) atoms. The fourth-order valence-electron chi connectivity index (χ4n) is 3.70. The lowest BCUT2D eigenvalue weighted by Gasteiger charge is -2.32. The van der Waals surface area contributed by atoms with E-state index in [2.05, 4.69) is 15.3 Å².